The third-order valence-corrected chi connectivity index (χ3v) is 3.59. The molecule has 3 heterocycles. The van der Waals surface area contributed by atoms with E-state index in [1.54, 1.807) is 31.8 Å². The van der Waals surface area contributed by atoms with Crippen molar-refractivity contribution in [2.75, 3.05) is 7.11 Å². The van der Waals surface area contributed by atoms with E-state index in [-0.39, 0.29) is 11.1 Å². The van der Waals surface area contributed by atoms with Crippen LogP contribution in [0.1, 0.15) is 0 Å². The van der Waals surface area contributed by atoms with Gasteiger partial charge in [-0.25, -0.2) is 19.7 Å². The van der Waals surface area contributed by atoms with E-state index in [9.17, 15) is 4.79 Å². The normalized spacial score (nSPS) is 10.9. The lowest BCUT2D eigenvalue weighted by Gasteiger charge is -2.06. The fourth-order valence-electron chi connectivity index (χ4n) is 2.41. The molecule has 0 atom stereocenters. The van der Waals surface area contributed by atoms with Gasteiger partial charge in [0.05, 0.1) is 12.5 Å². The van der Waals surface area contributed by atoms with Crippen molar-refractivity contribution in [1.29, 1.82) is 0 Å². The maximum atomic E-state index is 12.1. The van der Waals surface area contributed by atoms with Crippen LogP contribution >= 0.6 is 0 Å². The molecule has 0 unspecified atom stereocenters. The number of aromatic amines is 1. The molecule has 0 amide bonds. The van der Waals surface area contributed by atoms with E-state index in [0.717, 1.165) is 11.3 Å². The average molecular weight is 320 g/mol. The van der Waals surface area contributed by atoms with E-state index in [4.69, 9.17) is 4.74 Å². The molecule has 1 aromatic carbocycles. The van der Waals surface area contributed by atoms with Gasteiger partial charge in [-0.2, -0.15) is 10.2 Å². The fraction of sp³-hybridized carbons (Fsp3) is 0.0625. The quantitative estimate of drug-likeness (QED) is 0.615. The monoisotopic (exact) mass is 320 g/mol. The molecule has 4 aromatic rings. The zero-order valence-corrected chi connectivity index (χ0v) is 12.7. The second-order valence-electron chi connectivity index (χ2n) is 5.01. The van der Waals surface area contributed by atoms with Crippen LogP contribution in [0.3, 0.4) is 0 Å². The largest absolute Gasteiger partial charge is 0.497 e. The third kappa shape index (κ3) is 2.30. The summed E-state index contributed by atoms with van der Waals surface area (Å²) in [7, 11) is 1.60. The van der Waals surface area contributed by atoms with Gasteiger partial charge in [0.2, 0.25) is 0 Å². The highest BCUT2D eigenvalue weighted by atomic mass is 16.5. The third-order valence-electron chi connectivity index (χ3n) is 3.59. The minimum absolute atomic E-state index is 0.260. The molecular formula is C16H12N6O2. The van der Waals surface area contributed by atoms with Crippen molar-refractivity contribution in [3.8, 4) is 23.0 Å². The van der Waals surface area contributed by atoms with Gasteiger partial charge in [0, 0.05) is 24.2 Å². The number of aromatic nitrogens is 6. The Bertz CT molecular complexity index is 1050. The molecule has 0 saturated heterocycles. The molecule has 0 bridgehead atoms. The van der Waals surface area contributed by atoms with Gasteiger partial charge >= 0.3 is 0 Å². The first-order valence-corrected chi connectivity index (χ1v) is 7.16. The molecule has 0 fully saturated rings. The first kappa shape index (κ1) is 14.1. The van der Waals surface area contributed by atoms with Crippen molar-refractivity contribution >= 4 is 10.9 Å². The van der Waals surface area contributed by atoms with Crippen LogP contribution in [0.25, 0.3) is 28.1 Å². The van der Waals surface area contributed by atoms with Crippen molar-refractivity contribution in [2.24, 2.45) is 0 Å². The van der Waals surface area contributed by atoms with Gasteiger partial charge in [0.25, 0.3) is 11.5 Å². The second kappa shape index (κ2) is 5.58. The Morgan fingerprint density at radius 1 is 1.21 bits per heavy atom. The highest BCUT2D eigenvalue weighted by Gasteiger charge is 2.12. The van der Waals surface area contributed by atoms with Gasteiger partial charge in [-0.1, -0.05) is 0 Å². The van der Waals surface area contributed by atoms with E-state index >= 15 is 0 Å². The van der Waals surface area contributed by atoms with E-state index in [1.807, 2.05) is 24.3 Å². The summed E-state index contributed by atoms with van der Waals surface area (Å²) in [4.78, 5) is 20.7. The summed E-state index contributed by atoms with van der Waals surface area (Å²) >= 11 is 0. The Kier molecular flexibility index (Phi) is 3.27. The van der Waals surface area contributed by atoms with Crippen LogP contribution in [0.2, 0.25) is 0 Å². The lowest BCUT2D eigenvalue weighted by atomic mass is 10.1. The van der Waals surface area contributed by atoms with Gasteiger partial charge in [0.15, 0.2) is 0 Å². The van der Waals surface area contributed by atoms with Gasteiger partial charge in [-0.3, -0.25) is 4.79 Å². The molecule has 0 aliphatic heterocycles. The van der Waals surface area contributed by atoms with E-state index in [2.05, 4.69) is 25.3 Å². The Labute approximate surface area is 135 Å². The predicted octanol–water partition coefficient (Wildman–Crippen LogP) is 1.57. The van der Waals surface area contributed by atoms with Crippen molar-refractivity contribution < 1.29 is 4.74 Å². The summed E-state index contributed by atoms with van der Waals surface area (Å²) in [5.41, 5.74) is 1.31. The molecule has 8 nitrogen and oxygen atoms in total. The molecule has 0 saturated carbocycles. The first-order chi connectivity index (χ1) is 11.8. The zero-order valence-electron chi connectivity index (χ0n) is 12.7. The van der Waals surface area contributed by atoms with Crippen LogP contribution in [0.15, 0.2) is 53.7 Å². The van der Waals surface area contributed by atoms with Crippen LogP contribution in [0.4, 0.5) is 0 Å². The second-order valence-corrected chi connectivity index (χ2v) is 5.01. The summed E-state index contributed by atoms with van der Waals surface area (Å²) in [6.07, 6.45) is 4.91. The molecule has 1 N–H and O–H groups in total. The van der Waals surface area contributed by atoms with Gasteiger partial charge < -0.3 is 4.74 Å². The Morgan fingerprint density at radius 2 is 2.04 bits per heavy atom. The van der Waals surface area contributed by atoms with Gasteiger partial charge in [-0.05, 0) is 30.3 Å². The molecule has 118 valence electrons. The summed E-state index contributed by atoms with van der Waals surface area (Å²) in [6, 6.07) is 9.13. The molecule has 0 aliphatic carbocycles. The van der Waals surface area contributed by atoms with Crippen LogP contribution in [0, 0.1) is 0 Å². The van der Waals surface area contributed by atoms with Crippen molar-refractivity contribution in [1.82, 2.24) is 29.9 Å². The Morgan fingerprint density at radius 3 is 2.75 bits per heavy atom. The highest BCUT2D eigenvalue weighted by molar-refractivity contribution is 5.91. The summed E-state index contributed by atoms with van der Waals surface area (Å²) in [5.74, 6) is 1.06. The number of nitrogens with one attached hydrogen (secondary N) is 1. The van der Waals surface area contributed by atoms with Crippen molar-refractivity contribution in [3.63, 3.8) is 0 Å². The molecule has 24 heavy (non-hydrogen) atoms. The van der Waals surface area contributed by atoms with Crippen LogP contribution in [-0.4, -0.2) is 37.1 Å². The summed E-state index contributed by atoms with van der Waals surface area (Å²) < 4.78 is 6.65. The minimum Gasteiger partial charge on any atom is -0.497 e. The highest BCUT2D eigenvalue weighted by Crippen LogP contribution is 2.25. The first-order valence-electron chi connectivity index (χ1n) is 7.16. The number of rotatable bonds is 3. The lowest BCUT2D eigenvalue weighted by molar-refractivity contribution is 0.415. The maximum absolute atomic E-state index is 12.1. The van der Waals surface area contributed by atoms with Crippen LogP contribution in [-0.2, 0) is 0 Å². The number of fused-ring (bicyclic) bond motifs is 1. The van der Waals surface area contributed by atoms with E-state index < -0.39 is 0 Å². The Balaban J connectivity index is 1.91. The molecule has 3 aromatic heterocycles. The summed E-state index contributed by atoms with van der Waals surface area (Å²) in [6.45, 7) is 0. The minimum atomic E-state index is -0.377. The van der Waals surface area contributed by atoms with Gasteiger partial charge in [0.1, 0.15) is 17.0 Å². The predicted molar refractivity (Wildman–Crippen MR) is 87.1 cm³/mol. The molecular weight excluding hydrogens is 308 g/mol. The number of hydrogen-bond donors (Lipinski definition) is 1. The van der Waals surface area contributed by atoms with E-state index in [1.165, 1.54) is 4.68 Å². The zero-order chi connectivity index (χ0) is 16.5. The van der Waals surface area contributed by atoms with Crippen LogP contribution in [0.5, 0.6) is 5.75 Å². The average Bonchev–Trinajstić information content (AvgIpc) is 3.17. The maximum Gasteiger partial charge on any atom is 0.290 e. The standard InChI is InChI=1S/C16H12N6O2/c1-24-11-5-3-10(4-6-11)13-12-9-17-16(22-8-2-7-18-22)19-14(12)15(23)21-20-13/h2-9H,1H3,(H,21,23). The molecule has 0 aliphatic rings. The number of H-pyrrole nitrogens is 1. The van der Waals surface area contributed by atoms with Crippen molar-refractivity contribution in [2.45, 2.75) is 0 Å². The number of ether oxygens (including phenoxy) is 1. The molecule has 0 radical (unpaired) electrons. The smallest absolute Gasteiger partial charge is 0.290 e. The molecule has 0 spiro atoms. The number of nitrogens with zero attached hydrogens (tertiary/aromatic N) is 5. The van der Waals surface area contributed by atoms with E-state index in [0.29, 0.717) is 17.0 Å². The summed E-state index contributed by atoms with van der Waals surface area (Å²) in [5, 5.41) is 11.3. The molecule has 4 rings (SSSR count). The van der Waals surface area contributed by atoms with Crippen LogP contribution < -0.4 is 10.3 Å². The number of hydrogen-bond acceptors (Lipinski definition) is 6. The Hall–Kier alpha value is -3.55. The topological polar surface area (TPSA) is 98.6 Å². The van der Waals surface area contributed by atoms with Crippen molar-refractivity contribution in [3.05, 3.63) is 59.3 Å². The number of methoxy groups -OCH3 is 1. The molecule has 8 heteroatoms. The fourth-order valence-corrected chi connectivity index (χ4v) is 2.41. The van der Waals surface area contributed by atoms with Gasteiger partial charge in [-0.15, -0.1) is 0 Å². The SMILES string of the molecule is COc1ccc(-c2n[nH]c(=O)c3nc(-n4cccn4)ncc23)cc1. The number of benzene rings is 1. The lowest BCUT2D eigenvalue weighted by Crippen LogP contribution is -2.13.